The molecular formula is C13H19N3O. The molecule has 1 unspecified atom stereocenters. The van der Waals surface area contributed by atoms with E-state index < -0.39 is 0 Å². The van der Waals surface area contributed by atoms with Gasteiger partial charge in [-0.05, 0) is 11.6 Å². The van der Waals surface area contributed by atoms with Crippen LogP contribution in [0.4, 0.5) is 0 Å². The molecule has 4 N–H and O–H groups in total. The van der Waals surface area contributed by atoms with Crippen molar-refractivity contribution in [3.63, 3.8) is 0 Å². The fourth-order valence-corrected chi connectivity index (χ4v) is 2.07. The Morgan fingerprint density at radius 2 is 2.12 bits per heavy atom. The third-order valence-electron chi connectivity index (χ3n) is 3.01. The second-order valence-electron chi connectivity index (χ2n) is 4.13. The van der Waals surface area contributed by atoms with Crippen LogP contribution in [0.2, 0.25) is 0 Å². The fraction of sp³-hybridized carbons (Fsp3) is 0.385. The highest BCUT2D eigenvalue weighted by molar-refractivity contribution is 5.84. The van der Waals surface area contributed by atoms with Gasteiger partial charge in [0.15, 0.2) is 0 Å². The number of hydrogen-bond acceptors (Lipinski definition) is 3. The maximum Gasteiger partial charge on any atom is 0.0641 e. The summed E-state index contributed by atoms with van der Waals surface area (Å²) in [6.07, 6.45) is 2.08. The van der Waals surface area contributed by atoms with Crippen LogP contribution in [-0.2, 0) is 11.3 Å². The molecule has 0 bridgehead atoms. The first-order chi connectivity index (χ1) is 8.27. The topological polar surface area (TPSA) is 66.2 Å². The number of aromatic nitrogens is 1. The van der Waals surface area contributed by atoms with E-state index in [-0.39, 0.29) is 6.04 Å². The highest BCUT2D eigenvalue weighted by atomic mass is 16.5. The van der Waals surface area contributed by atoms with Crippen LogP contribution in [0.25, 0.3) is 10.9 Å². The fourth-order valence-electron chi connectivity index (χ4n) is 2.07. The van der Waals surface area contributed by atoms with E-state index in [0.717, 1.165) is 12.1 Å². The molecule has 0 amide bonds. The van der Waals surface area contributed by atoms with Crippen LogP contribution in [0.3, 0.4) is 0 Å². The predicted octanol–water partition coefficient (Wildman–Crippen LogP) is 1.25. The molecule has 1 heterocycles. The molecule has 0 saturated heterocycles. The third-order valence-corrected chi connectivity index (χ3v) is 3.01. The van der Waals surface area contributed by atoms with Crippen LogP contribution in [0, 0.1) is 0 Å². The molecule has 0 aliphatic rings. The molecule has 0 aliphatic heterocycles. The molecular weight excluding hydrogens is 214 g/mol. The highest BCUT2D eigenvalue weighted by Gasteiger charge is 2.12. The van der Waals surface area contributed by atoms with Crippen LogP contribution >= 0.6 is 0 Å². The Balaban J connectivity index is 2.46. The van der Waals surface area contributed by atoms with Crippen LogP contribution in [0.1, 0.15) is 11.6 Å². The van der Waals surface area contributed by atoms with Crippen LogP contribution in [0.15, 0.2) is 30.5 Å². The average molecular weight is 233 g/mol. The summed E-state index contributed by atoms with van der Waals surface area (Å²) >= 11 is 0. The molecule has 1 aromatic carbocycles. The normalized spacial score (nSPS) is 13.1. The maximum absolute atomic E-state index is 6.03. The first-order valence-corrected chi connectivity index (χ1v) is 5.80. The minimum Gasteiger partial charge on any atom is -0.383 e. The second-order valence-corrected chi connectivity index (χ2v) is 4.13. The quantitative estimate of drug-likeness (QED) is 0.816. The summed E-state index contributed by atoms with van der Waals surface area (Å²) in [5.41, 5.74) is 14.0. The molecule has 4 nitrogen and oxygen atoms in total. The van der Waals surface area contributed by atoms with Gasteiger partial charge >= 0.3 is 0 Å². The van der Waals surface area contributed by atoms with E-state index in [9.17, 15) is 0 Å². The van der Waals surface area contributed by atoms with Crippen LogP contribution < -0.4 is 11.5 Å². The lowest BCUT2D eigenvalue weighted by Gasteiger charge is -2.06. The molecule has 0 fully saturated rings. The zero-order chi connectivity index (χ0) is 12.3. The number of nitrogens with zero attached hydrogens (tertiary/aromatic N) is 1. The number of para-hydroxylation sites is 1. The van der Waals surface area contributed by atoms with Crippen molar-refractivity contribution in [2.45, 2.75) is 12.6 Å². The van der Waals surface area contributed by atoms with Crippen molar-refractivity contribution < 1.29 is 4.74 Å². The lowest BCUT2D eigenvalue weighted by atomic mass is 10.1. The number of ether oxygens (including phenoxy) is 1. The van der Waals surface area contributed by atoms with Crippen molar-refractivity contribution in [2.24, 2.45) is 11.5 Å². The Labute approximate surface area is 101 Å². The number of benzene rings is 1. The van der Waals surface area contributed by atoms with Gasteiger partial charge < -0.3 is 20.8 Å². The number of fused-ring (bicyclic) bond motifs is 1. The summed E-state index contributed by atoms with van der Waals surface area (Å²) in [7, 11) is 1.71. The largest absolute Gasteiger partial charge is 0.383 e. The zero-order valence-corrected chi connectivity index (χ0v) is 10.1. The molecule has 17 heavy (non-hydrogen) atoms. The molecule has 0 aliphatic carbocycles. The Bertz CT molecular complexity index is 492. The molecule has 0 radical (unpaired) electrons. The lowest BCUT2D eigenvalue weighted by Crippen LogP contribution is -2.20. The molecule has 2 rings (SSSR count). The highest BCUT2D eigenvalue weighted by Crippen LogP contribution is 2.25. The third kappa shape index (κ3) is 2.34. The van der Waals surface area contributed by atoms with Crippen LogP contribution in [-0.4, -0.2) is 24.8 Å². The maximum atomic E-state index is 6.03. The lowest BCUT2D eigenvalue weighted by molar-refractivity contribution is 0.188. The molecule has 1 atom stereocenters. The molecule has 0 spiro atoms. The average Bonchev–Trinajstić information content (AvgIpc) is 2.74. The Hall–Kier alpha value is -1.36. The van der Waals surface area contributed by atoms with E-state index in [0.29, 0.717) is 13.2 Å². The molecule has 4 heteroatoms. The van der Waals surface area contributed by atoms with Crippen molar-refractivity contribution in [3.05, 3.63) is 36.0 Å². The van der Waals surface area contributed by atoms with Gasteiger partial charge in [0.05, 0.1) is 6.61 Å². The van der Waals surface area contributed by atoms with E-state index in [2.05, 4.69) is 22.9 Å². The number of nitrogens with two attached hydrogens (primary N) is 2. The second kappa shape index (κ2) is 5.31. The minimum absolute atomic E-state index is 0.108. The summed E-state index contributed by atoms with van der Waals surface area (Å²) < 4.78 is 7.28. The van der Waals surface area contributed by atoms with Gasteiger partial charge in [-0.1, -0.05) is 18.2 Å². The standard InChI is InChI=1S/C13H19N3O/c1-17-7-6-16-9-11(12(15)8-14)10-4-2-3-5-13(10)16/h2-5,9,12H,6-8,14-15H2,1H3. The van der Waals surface area contributed by atoms with E-state index in [1.54, 1.807) is 7.11 Å². The number of rotatable bonds is 5. The minimum atomic E-state index is -0.108. The van der Waals surface area contributed by atoms with Crippen molar-refractivity contribution in [1.29, 1.82) is 0 Å². The molecule has 92 valence electrons. The van der Waals surface area contributed by atoms with E-state index >= 15 is 0 Å². The van der Waals surface area contributed by atoms with Crippen molar-refractivity contribution in [3.8, 4) is 0 Å². The van der Waals surface area contributed by atoms with Gasteiger partial charge in [0.2, 0.25) is 0 Å². The van der Waals surface area contributed by atoms with Crippen molar-refractivity contribution in [2.75, 3.05) is 20.3 Å². The first kappa shape index (κ1) is 12.1. The smallest absolute Gasteiger partial charge is 0.0641 e. The summed E-state index contributed by atoms with van der Waals surface area (Å²) in [5.74, 6) is 0. The molecule has 2 aromatic rings. The van der Waals surface area contributed by atoms with Crippen molar-refractivity contribution in [1.82, 2.24) is 4.57 Å². The predicted molar refractivity (Wildman–Crippen MR) is 69.8 cm³/mol. The number of hydrogen-bond donors (Lipinski definition) is 2. The van der Waals surface area contributed by atoms with Gasteiger partial charge in [-0.3, -0.25) is 0 Å². The Morgan fingerprint density at radius 1 is 1.35 bits per heavy atom. The Kier molecular flexibility index (Phi) is 3.78. The molecule has 0 saturated carbocycles. The monoisotopic (exact) mass is 233 g/mol. The van der Waals surface area contributed by atoms with Gasteiger partial charge in [-0.25, -0.2) is 0 Å². The summed E-state index contributed by atoms with van der Waals surface area (Å²) in [6, 6.07) is 8.13. The first-order valence-electron chi connectivity index (χ1n) is 5.80. The number of methoxy groups -OCH3 is 1. The van der Waals surface area contributed by atoms with Gasteiger partial charge in [0.1, 0.15) is 0 Å². The van der Waals surface area contributed by atoms with Gasteiger partial charge in [-0.15, -0.1) is 0 Å². The van der Waals surface area contributed by atoms with Crippen molar-refractivity contribution >= 4 is 10.9 Å². The van der Waals surface area contributed by atoms with Gasteiger partial charge in [0.25, 0.3) is 0 Å². The van der Waals surface area contributed by atoms with Crippen LogP contribution in [0.5, 0.6) is 0 Å². The van der Waals surface area contributed by atoms with Gasteiger partial charge in [0, 0.05) is 43.3 Å². The summed E-state index contributed by atoms with van der Waals surface area (Å²) in [6.45, 7) is 1.97. The zero-order valence-electron chi connectivity index (χ0n) is 10.1. The summed E-state index contributed by atoms with van der Waals surface area (Å²) in [4.78, 5) is 0. The van der Waals surface area contributed by atoms with Gasteiger partial charge in [-0.2, -0.15) is 0 Å². The SMILES string of the molecule is COCCn1cc(C(N)CN)c2ccccc21. The van der Waals surface area contributed by atoms with E-state index in [4.69, 9.17) is 16.2 Å². The van der Waals surface area contributed by atoms with E-state index in [1.165, 1.54) is 10.9 Å². The molecule has 1 aromatic heterocycles. The Morgan fingerprint density at radius 3 is 2.82 bits per heavy atom. The van der Waals surface area contributed by atoms with E-state index in [1.807, 2.05) is 12.1 Å². The summed E-state index contributed by atoms with van der Waals surface area (Å²) in [5, 5.41) is 1.18.